The summed E-state index contributed by atoms with van der Waals surface area (Å²) in [6.45, 7) is 2.02. The van der Waals surface area contributed by atoms with E-state index in [-0.39, 0.29) is 11.6 Å². The van der Waals surface area contributed by atoms with E-state index in [9.17, 15) is 19.7 Å². The SMILES string of the molecule is CCCCC(=O)Nc1ccc(C(=O)NN=Cc2ccc([N+](=O)[O-])cc2)cc1. The molecule has 0 radical (unpaired) electrons. The number of nitrogens with zero attached hydrogens (tertiary/aromatic N) is 2. The maximum atomic E-state index is 12.1. The molecule has 2 rings (SSSR count). The van der Waals surface area contributed by atoms with Gasteiger partial charge in [0.1, 0.15) is 0 Å². The number of rotatable bonds is 8. The fourth-order valence-corrected chi connectivity index (χ4v) is 2.18. The second-order valence-electron chi connectivity index (χ2n) is 5.78. The lowest BCUT2D eigenvalue weighted by Gasteiger charge is -2.05. The van der Waals surface area contributed by atoms with Gasteiger partial charge in [-0.15, -0.1) is 0 Å². The second kappa shape index (κ2) is 9.81. The van der Waals surface area contributed by atoms with Crippen LogP contribution in [0.1, 0.15) is 42.1 Å². The standard InChI is InChI=1S/C19H20N4O4/c1-2-3-4-18(24)21-16-9-7-15(8-10-16)19(25)22-20-13-14-5-11-17(12-6-14)23(26)27/h5-13H,2-4H2,1H3,(H,21,24)(H,22,25). The van der Waals surface area contributed by atoms with Crippen LogP contribution in [0.5, 0.6) is 0 Å². The van der Waals surface area contributed by atoms with Gasteiger partial charge in [-0.25, -0.2) is 5.43 Å². The highest BCUT2D eigenvalue weighted by Crippen LogP contribution is 2.12. The van der Waals surface area contributed by atoms with Gasteiger partial charge in [-0.2, -0.15) is 5.10 Å². The molecule has 0 atom stereocenters. The zero-order valence-electron chi connectivity index (χ0n) is 14.8. The molecule has 2 aromatic rings. The Morgan fingerprint density at radius 2 is 1.78 bits per heavy atom. The number of non-ortho nitro benzene ring substituents is 1. The summed E-state index contributed by atoms with van der Waals surface area (Å²) in [5.74, 6) is -0.459. The van der Waals surface area contributed by atoms with Crippen LogP contribution in [0.15, 0.2) is 53.6 Å². The molecule has 0 aliphatic heterocycles. The van der Waals surface area contributed by atoms with E-state index in [1.165, 1.54) is 30.5 Å². The summed E-state index contributed by atoms with van der Waals surface area (Å²) in [6.07, 6.45) is 3.64. The van der Waals surface area contributed by atoms with Crippen molar-refractivity contribution in [3.8, 4) is 0 Å². The Morgan fingerprint density at radius 1 is 1.11 bits per heavy atom. The Kier molecular flexibility index (Phi) is 7.18. The number of hydrogen-bond donors (Lipinski definition) is 2. The van der Waals surface area contributed by atoms with Crippen LogP contribution in [-0.2, 0) is 4.79 Å². The Hall–Kier alpha value is -3.55. The molecule has 140 valence electrons. The third kappa shape index (κ3) is 6.35. The van der Waals surface area contributed by atoms with E-state index in [1.807, 2.05) is 6.92 Å². The Balaban J connectivity index is 1.88. The smallest absolute Gasteiger partial charge is 0.271 e. The maximum Gasteiger partial charge on any atom is 0.271 e. The highest BCUT2D eigenvalue weighted by atomic mass is 16.6. The van der Waals surface area contributed by atoms with Crippen molar-refractivity contribution in [1.29, 1.82) is 0 Å². The molecule has 0 fully saturated rings. The van der Waals surface area contributed by atoms with Gasteiger partial charge in [-0.05, 0) is 48.4 Å². The van der Waals surface area contributed by atoms with Crippen LogP contribution in [0.4, 0.5) is 11.4 Å². The zero-order valence-corrected chi connectivity index (χ0v) is 14.8. The van der Waals surface area contributed by atoms with Crippen molar-refractivity contribution < 1.29 is 14.5 Å². The van der Waals surface area contributed by atoms with Gasteiger partial charge in [0.2, 0.25) is 5.91 Å². The number of carbonyl (C=O) groups excluding carboxylic acids is 2. The van der Waals surface area contributed by atoms with Gasteiger partial charge in [-0.1, -0.05) is 13.3 Å². The molecule has 2 N–H and O–H groups in total. The average molecular weight is 368 g/mol. The number of nitro benzene ring substituents is 1. The van der Waals surface area contributed by atoms with E-state index < -0.39 is 10.8 Å². The number of benzene rings is 2. The minimum Gasteiger partial charge on any atom is -0.326 e. The zero-order chi connectivity index (χ0) is 19.6. The first-order valence-electron chi connectivity index (χ1n) is 8.47. The van der Waals surface area contributed by atoms with Gasteiger partial charge in [0.25, 0.3) is 11.6 Å². The lowest BCUT2D eigenvalue weighted by Crippen LogP contribution is -2.17. The van der Waals surface area contributed by atoms with Gasteiger partial charge in [0.05, 0.1) is 11.1 Å². The molecule has 0 bridgehead atoms. The molecule has 0 saturated carbocycles. The number of unbranched alkanes of at least 4 members (excludes halogenated alkanes) is 1. The monoisotopic (exact) mass is 368 g/mol. The van der Waals surface area contributed by atoms with Gasteiger partial charge < -0.3 is 5.32 Å². The fraction of sp³-hybridized carbons (Fsp3) is 0.211. The molecule has 0 aliphatic carbocycles. The predicted molar refractivity (Wildman–Crippen MR) is 103 cm³/mol. The van der Waals surface area contributed by atoms with Gasteiger partial charge >= 0.3 is 0 Å². The summed E-state index contributed by atoms with van der Waals surface area (Å²) in [6, 6.07) is 12.3. The topological polar surface area (TPSA) is 114 Å². The fourth-order valence-electron chi connectivity index (χ4n) is 2.18. The largest absolute Gasteiger partial charge is 0.326 e. The molecule has 0 heterocycles. The molecule has 2 amide bonds. The van der Waals surface area contributed by atoms with Gasteiger partial charge in [0, 0.05) is 29.8 Å². The van der Waals surface area contributed by atoms with Gasteiger partial charge in [0.15, 0.2) is 0 Å². The average Bonchev–Trinajstić information content (AvgIpc) is 2.67. The summed E-state index contributed by atoms with van der Waals surface area (Å²) in [5.41, 5.74) is 4.00. The normalized spacial score (nSPS) is 10.6. The highest BCUT2D eigenvalue weighted by molar-refractivity contribution is 5.96. The number of hydrazone groups is 1. The van der Waals surface area contributed by atoms with Crippen LogP contribution in [0.2, 0.25) is 0 Å². The molecule has 2 aromatic carbocycles. The summed E-state index contributed by atoms with van der Waals surface area (Å²) >= 11 is 0. The molecule has 0 aliphatic rings. The van der Waals surface area contributed by atoms with Crippen LogP contribution >= 0.6 is 0 Å². The van der Waals surface area contributed by atoms with E-state index >= 15 is 0 Å². The minimum absolute atomic E-state index is 0.0157. The lowest BCUT2D eigenvalue weighted by molar-refractivity contribution is -0.384. The Bertz CT molecular complexity index is 830. The molecule has 8 heteroatoms. The van der Waals surface area contributed by atoms with E-state index in [0.717, 1.165) is 12.8 Å². The van der Waals surface area contributed by atoms with Crippen LogP contribution in [0, 0.1) is 10.1 Å². The summed E-state index contributed by atoms with van der Waals surface area (Å²) in [7, 11) is 0. The summed E-state index contributed by atoms with van der Waals surface area (Å²) < 4.78 is 0. The Labute approximate surface area is 156 Å². The van der Waals surface area contributed by atoms with Crippen LogP contribution in [-0.4, -0.2) is 23.0 Å². The molecule has 8 nitrogen and oxygen atoms in total. The molecule has 27 heavy (non-hydrogen) atoms. The van der Waals surface area contributed by atoms with Crippen molar-refractivity contribution in [3.05, 3.63) is 69.8 Å². The Morgan fingerprint density at radius 3 is 2.37 bits per heavy atom. The third-order valence-corrected chi connectivity index (χ3v) is 3.67. The van der Waals surface area contributed by atoms with Crippen LogP contribution in [0.25, 0.3) is 0 Å². The highest BCUT2D eigenvalue weighted by Gasteiger charge is 2.06. The number of carbonyl (C=O) groups is 2. The third-order valence-electron chi connectivity index (χ3n) is 3.67. The van der Waals surface area contributed by atoms with Crippen molar-refractivity contribution in [2.75, 3.05) is 5.32 Å². The van der Waals surface area contributed by atoms with E-state index in [4.69, 9.17) is 0 Å². The van der Waals surface area contributed by atoms with E-state index in [1.54, 1.807) is 24.3 Å². The quantitative estimate of drug-likeness (QED) is 0.422. The summed E-state index contributed by atoms with van der Waals surface area (Å²) in [4.78, 5) is 33.8. The van der Waals surface area contributed by atoms with Crippen LogP contribution < -0.4 is 10.7 Å². The van der Waals surface area contributed by atoms with Crippen molar-refractivity contribution in [2.45, 2.75) is 26.2 Å². The lowest BCUT2D eigenvalue weighted by atomic mass is 10.2. The number of amides is 2. The molecular weight excluding hydrogens is 348 g/mol. The molecule has 0 unspecified atom stereocenters. The number of nitro groups is 1. The van der Waals surface area contributed by atoms with Crippen molar-refractivity contribution in [1.82, 2.24) is 5.43 Å². The van der Waals surface area contributed by atoms with Crippen molar-refractivity contribution in [3.63, 3.8) is 0 Å². The number of hydrogen-bond acceptors (Lipinski definition) is 5. The first-order chi connectivity index (χ1) is 13.0. The molecular formula is C19H20N4O4. The van der Waals surface area contributed by atoms with Crippen molar-refractivity contribution in [2.24, 2.45) is 5.10 Å². The first kappa shape index (κ1) is 19.8. The van der Waals surface area contributed by atoms with Crippen molar-refractivity contribution >= 4 is 29.4 Å². The number of nitrogens with one attached hydrogen (secondary N) is 2. The molecule has 0 spiro atoms. The van der Waals surface area contributed by atoms with E-state index in [2.05, 4.69) is 15.8 Å². The van der Waals surface area contributed by atoms with E-state index in [0.29, 0.717) is 23.2 Å². The minimum atomic E-state index is -0.488. The van der Waals surface area contributed by atoms with Crippen LogP contribution in [0.3, 0.4) is 0 Å². The molecule has 0 saturated heterocycles. The predicted octanol–water partition coefficient (Wildman–Crippen LogP) is 3.49. The first-order valence-corrected chi connectivity index (χ1v) is 8.47. The molecule has 0 aromatic heterocycles. The van der Waals surface area contributed by atoms with Gasteiger partial charge in [-0.3, -0.25) is 19.7 Å². The summed E-state index contributed by atoms with van der Waals surface area (Å²) in [5, 5.41) is 17.2. The maximum absolute atomic E-state index is 12.1. The number of anilines is 1. The second-order valence-corrected chi connectivity index (χ2v) is 5.78.